The minimum Gasteiger partial charge on any atom is -0.383 e. The van der Waals surface area contributed by atoms with Gasteiger partial charge >= 0.3 is 0 Å². The summed E-state index contributed by atoms with van der Waals surface area (Å²) in [5.74, 6) is -0.231. The molecule has 3 rings (SSSR count). The lowest BCUT2D eigenvalue weighted by atomic mass is 10.2. The van der Waals surface area contributed by atoms with E-state index in [-0.39, 0.29) is 11.1 Å². The first-order valence-electron chi connectivity index (χ1n) is 8.46. The number of aromatic nitrogens is 1. The number of rotatable bonds is 6. The van der Waals surface area contributed by atoms with Crippen LogP contribution in [0.15, 0.2) is 41.3 Å². The first kappa shape index (κ1) is 18.5. The SMILES string of the molecule is COCCn1c(C)cc(/C=C2\SC(=O)N(Cc3ccccc3)C2=O)c1C. The third-order valence-corrected chi connectivity index (χ3v) is 5.38. The van der Waals surface area contributed by atoms with Gasteiger partial charge in [0, 0.05) is 25.0 Å². The Balaban J connectivity index is 1.82. The molecule has 0 atom stereocenters. The van der Waals surface area contributed by atoms with E-state index in [0.29, 0.717) is 18.1 Å². The Morgan fingerprint density at radius 1 is 1.15 bits per heavy atom. The second-order valence-electron chi connectivity index (χ2n) is 6.22. The number of benzene rings is 1. The summed E-state index contributed by atoms with van der Waals surface area (Å²) in [5, 5.41) is -0.224. The van der Waals surface area contributed by atoms with E-state index in [2.05, 4.69) is 4.57 Å². The van der Waals surface area contributed by atoms with Crippen molar-refractivity contribution in [1.82, 2.24) is 9.47 Å². The van der Waals surface area contributed by atoms with Crippen LogP contribution >= 0.6 is 11.8 Å². The number of ether oxygens (including phenoxy) is 1. The van der Waals surface area contributed by atoms with Gasteiger partial charge in [-0.2, -0.15) is 0 Å². The molecule has 26 heavy (non-hydrogen) atoms. The van der Waals surface area contributed by atoms with Crippen molar-refractivity contribution in [3.05, 3.63) is 63.8 Å². The molecule has 0 radical (unpaired) electrons. The first-order valence-corrected chi connectivity index (χ1v) is 9.28. The van der Waals surface area contributed by atoms with Gasteiger partial charge in [-0.15, -0.1) is 0 Å². The molecule has 1 fully saturated rings. The Morgan fingerprint density at radius 3 is 2.58 bits per heavy atom. The summed E-state index contributed by atoms with van der Waals surface area (Å²) in [6.45, 7) is 5.74. The molecule has 1 aliphatic rings. The van der Waals surface area contributed by atoms with Crippen molar-refractivity contribution in [2.75, 3.05) is 13.7 Å². The van der Waals surface area contributed by atoms with Gasteiger partial charge in [-0.05, 0) is 48.9 Å². The number of imide groups is 1. The van der Waals surface area contributed by atoms with E-state index in [4.69, 9.17) is 4.74 Å². The lowest BCUT2D eigenvalue weighted by molar-refractivity contribution is -0.123. The molecular weight excluding hydrogens is 348 g/mol. The minimum atomic E-state index is -0.231. The number of aryl methyl sites for hydroxylation is 1. The van der Waals surface area contributed by atoms with E-state index in [1.807, 2.05) is 56.3 Å². The highest BCUT2D eigenvalue weighted by molar-refractivity contribution is 8.18. The van der Waals surface area contributed by atoms with E-state index < -0.39 is 0 Å². The maximum absolute atomic E-state index is 12.7. The highest BCUT2D eigenvalue weighted by Gasteiger charge is 2.35. The molecule has 1 aromatic heterocycles. The lowest BCUT2D eigenvalue weighted by Gasteiger charge is -2.12. The first-order chi connectivity index (χ1) is 12.5. The van der Waals surface area contributed by atoms with Crippen molar-refractivity contribution in [1.29, 1.82) is 0 Å². The van der Waals surface area contributed by atoms with Gasteiger partial charge in [0.2, 0.25) is 0 Å². The number of hydrogen-bond donors (Lipinski definition) is 0. The Labute approximate surface area is 157 Å². The van der Waals surface area contributed by atoms with Crippen molar-refractivity contribution < 1.29 is 14.3 Å². The van der Waals surface area contributed by atoms with Crippen molar-refractivity contribution in [2.24, 2.45) is 0 Å². The van der Waals surface area contributed by atoms with Crippen LogP contribution in [0.4, 0.5) is 4.79 Å². The normalized spacial score (nSPS) is 16.1. The van der Waals surface area contributed by atoms with Crippen LogP contribution in [-0.2, 0) is 22.6 Å². The number of nitrogens with zero attached hydrogens (tertiary/aromatic N) is 2. The van der Waals surface area contributed by atoms with E-state index in [9.17, 15) is 9.59 Å². The molecule has 2 heterocycles. The molecule has 2 amide bonds. The Bertz CT molecular complexity index is 855. The molecule has 5 nitrogen and oxygen atoms in total. The fourth-order valence-electron chi connectivity index (χ4n) is 3.04. The van der Waals surface area contributed by atoms with Gasteiger partial charge in [-0.25, -0.2) is 0 Å². The van der Waals surface area contributed by atoms with Crippen LogP contribution in [0.5, 0.6) is 0 Å². The van der Waals surface area contributed by atoms with Crippen LogP contribution in [0.1, 0.15) is 22.5 Å². The zero-order valence-electron chi connectivity index (χ0n) is 15.2. The van der Waals surface area contributed by atoms with Crippen molar-refractivity contribution >= 4 is 29.0 Å². The van der Waals surface area contributed by atoms with Gasteiger partial charge in [-0.3, -0.25) is 14.5 Å². The molecule has 0 bridgehead atoms. The van der Waals surface area contributed by atoms with Crippen LogP contribution in [0.2, 0.25) is 0 Å². The van der Waals surface area contributed by atoms with Crippen LogP contribution in [0.25, 0.3) is 6.08 Å². The van der Waals surface area contributed by atoms with E-state index in [1.165, 1.54) is 4.90 Å². The zero-order chi connectivity index (χ0) is 18.7. The van der Waals surface area contributed by atoms with Crippen LogP contribution in [0.3, 0.4) is 0 Å². The second-order valence-corrected chi connectivity index (χ2v) is 7.22. The van der Waals surface area contributed by atoms with Crippen LogP contribution in [0, 0.1) is 13.8 Å². The Kier molecular flexibility index (Phi) is 5.64. The van der Waals surface area contributed by atoms with Crippen LogP contribution < -0.4 is 0 Å². The van der Waals surface area contributed by atoms with Crippen molar-refractivity contribution in [3.8, 4) is 0 Å². The smallest absolute Gasteiger partial charge is 0.293 e. The maximum atomic E-state index is 12.7. The van der Waals surface area contributed by atoms with Gasteiger partial charge in [0.1, 0.15) is 0 Å². The summed E-state index contributed by atoms with van der Waals surface area (Å²) in [5.41, 5.74) is 4.07. The summed E-state index contributed by atoms with van der Waals surface area (Å²) in [6.07, 6.45) is 1.82. The molecule has 1 saturated heterocycles. The van der Waals surface area contributed by atoms with Crippen molar-refractivity contribution in [3.63, 3.8) is 0 Å². The largest absolute Gasteiger partial charge is 0.383 e. The number of carbonyl (C=O) groups is 2. The summed E-state index contributed by atoms with van der Waals surface area (Å²) >= 11 is 1.00. The molecule has 0 spiro atoms. The predicted octanol–water partition coefficient (Wildman–Crippen LogP) is 3.99. The van der Waals surface area contributed by atoms with Gasteiger partial charge < -0.3 is 9.30 Å². The number of methoxy groups -OCH3 is 1. The van der Waals surface area contributed by atoms with Crippen LogP contribution in [-0.4, -0.2) is 34.3 Å². The molecule has 2 aromatic rings. The quantitative estimate of drug-likeness (QED) is 0.722. The molecule has 0 saturated carbocycles. The number of hydrogen-bond acceptors (Lipinski definition) is 4. The molecular formula is C20H22N2O3S. The maximum Gasteiger partial charge on any atom is 0.293 e. The topological polar surface area (TPSA) is 51.5 Å². The number of carbonyl (C=O) groups excluding carboxylic acids is 2. The predicted molar refractivity (Wildman–Crippen MR) is 104 cm³/mol. The monoisotopic (exact) mass is 370 g/mol. The molecule has 1 aromatic carbocycles. The number of amides is 2. The Hall–Kier alpha value is -2.31. The summed E-state index contributed by atoms with van der Waals surface area (Å²) in [7, 11) is 1.68. The molecule has 136 valence electrons. The van der Waals surface area contributed by atoms with Gasteiger partial charge in [0.05, 0.1) is 18.1 Å². The fourth-order valence-corrected chi connectivity index (χ4v) is 3.87. The van der Waals surface area contributed by atoms with E-state index in [1.54, 1.807) is 7.11 Å². The van der Waals surface area contributed by atoms with Gasteiger partial charge in [0.25, 0.3) is 11.1 Å². The fraction of sp³-hybridized carbons (Fsp3) is 0.300. The van der Waals surface area contributed by atoms with Crippen molar-refractivity contribution in [2.45, 2.75) is 26.9 Å². The highest BCUT2D eigenvalue weighted by Crippen LogP contribution is 2.34. The van der Waals surface area contributed by atoms with Gasteiger partial charge in [-0.1, -0.05) is 30.3 Å². The molecule has 0 aliphatic carbocycles. The molecule has 0 N–H and O–H groups in total. The van der Waals surface area contributed by atoms with E-state index in [0.717, 1.165) is 40.8 Å². The second kappa shape index (κ2) is 7.93. The summed E-state index contributed by atoms with van der Waals surface area (Å²) in [4.78, 5) is 26.8. The number of thioether (sulfide) groups is 1. The summed E-state index contributed by atoms with van der Waals surface area (Å²) < 4.78 is 7.31. The third kappa shape index (κ3) is 3.76. The molecule has 1 aliphatic heterocycles. The summed E-state index contributed by atoms with van der Waals surface area (Å²) in [6, 6.07) is 11.6. The molecule has 0 unspecified atom stereocenters. The highest BCUT2D eigenvalue weighted by atomic mass is 32.2. The zero-order valence-corrected chi connectivity index (χ0v) is 16.0. The minimum absolute atomic E-state index is 0.224. The lowest BCUT2D eigenvalue weighted by Crippen LogP contribution is -2.27. The third-order valence-electron chi connectivity index (χ3n) is 4.48. The standard InChI is InChI=1S/C20H22N2O3S/c1-14-11-17(15(2)21(14)9-10-25-3)12-18-19(23)22(20(24)26-18)13-16-7-5-4-6-8-16/h4-8,11-12H,9-10,13H2,1-3H3/b18-12-. The average molecular weight is 370 g/mol. The molecule has 6 heteroatoms. The van der Waals surface area contributed by atoms with Gasteiger partial charge in [0.15, 0.2) is 0 Å². The average Bonchev–Trinajstić information content (AvgIpc) is 3.04. The Morgan fingerprint density at radius 2 is 1.88 bits per heavy atom. The van der Waals surface area contributed by atoms with E-state index >= 15 is 0 Å².